The van der Waals surface area contributed by atoms with Gasteiger partial charge >= 0.3 is 0 Å². The third-order valence-corrected chi connectivity index (χ3v) is 3.94. The molecule has 3 rings (SSSR count). The minimum Gasteiger partial charge on any atom is -0.320 e. The molecule has 0 aromatic heterocycles. The van der Waals surface area contributed by atoms with Crippen LogP contribution in [0.25, 0.3) is 0 Å². The second kappa shape index (κ2) is 5.81. The predicted molar refractivity (Wildman–Crippen MR) is 87.6 cm³/mol. The van der Waals surface area contributed by atoms with Gasteiger partial charge in [0.15, 0.2) is 0 Å². The fourth-order valence-electron chi connectivity index (χ4n) is 2.70. The molecule has 0 atom stereocenters. The Morgan fingerprint density at radius 1 is 1.18 bits per heavy atom. The Bertz CT molecular complexity index is 758. The molecule has 0 unspecified atom stereocenters. The number of hydrogen-bond acceptors (Lipinski definition) is 2. The molecule has 22 heavy (non-hydrogen) atoms. The number of carbonyl (C=O) groups excluding carboxylic acids is 2. The maximum Gasteiger partial charge on any atom is 0.255 e. The Morgan fingerprint density at radius 3 is 2.68 bits per heavy atom. The highest BCUT2D eigenvalue weighted by atomic mass is 35.5. The summed E-state index contributed by atoms with van der Waals surface area (Å²) in [6.45, 7) is 2.18. The lowest BCUT2D eigenvalue weighted by Gasteiger charge is -2.19. The van der Waals surface area contributed by atoms with E-state index in [4.69, 9.17) is 11.6 Å². The van der Waals surface area contributed by atoms with E-state index in [2.05, 4.69) is 5.32 Å². The van der Waals surface area contributed by atoms with Crippen molar-refractivity contribution in [1.29, 1.82) is 0 Å². The monoisotopic (exact) mass is 314 g/mol. The molecule has 0 aliphatic carbocycles. The van der Waals surface area contributed by atoms with Crippen LogP contribution in [0.1, 0.15) is 22.8 Å². The van der Waals surface area contributed by atoms with Crippen molar-refractivity contribution in [2.75, 3.05) is 16.8 Å². The molecule has 112 valence electrons. The third-order valence-electron chi connectivity index (χ3n) is 3.71. The zero-order valence-electron chi connectivity index (χ0n) is 12.1. The van der Waals surface area contributed by atoms with Crippen molar-refractivity contribution in [3.8, 4) is 0 Å². The molecule has 5 heteroatoms. The van der Waals surface area contributed by atoms with Crippen molar-refractivity contribution < 1.29 is 9.59 Å². The zero-order chi connectivity index (χ0) is 15.7. The number of halogens is 1. The topological polar surface area (TPSA) is 49.4 Å². The summed E-state index contributed by atoms with van der Waals surface area (Å²) in [5.41, 5.74) is 3.00. The van der Waals surface area contributed by atoms with Crippen LogP contribution in [-0.4, -0.2) is 18.4 Å². The van der Waals surface area contributed by atoms with Crippen LogP contribution >= 0.6 is 11.6 Å². The molecule has 1 aliphatic heterocycles. The van der Waals surface area contributed by atoms with E-state index in [0.717, 1.165) is 17.7 Å². The van der Waals surface area contributed by atoms with E-state index in [1.807, 2.05) is 18.2 Å². The van der Waals surface area contributed by atoms with Crippen molar-refractivity contribution in [3.63, 3.8) is 0 Å². The Balaban J connectivity index is 1.92. The van der Waals surface area contributed by atoms with Gasteiger partial charge in [-0.2, -0.15) is 0 Å². The summed E-state index contributed by atoms with van der Waals surface area (Å²) < 4.78 is 0. The molecule has 2 amide bonds. The highest BCUT2D eigenvalue weighted by molar-refractivity contribution is 6.31. The highest BCUT2D eigenvalue weighted by Crippen LogP contribution is 2.35. The van der Waals surface area contributed by atoms with E-state index in [-0.39, 0.29) is 11.8 Å². The normalized spacial score (nSPS) is 12.9. The summed E-state index contributed by atoms with van der Waals surface area (Å²) in [5.74, 6) is -0.269. The maximum atomic E-state index is 12.4. The van der Waals surface area contributed by atoms with Gasteiger partial charge in [0, 0.05) is 24.1 Å². The number of para-hydroxylation sites is 1. The largest absolute Gasteiger partial charge is 0.320 e. The third kappa shape index (κ3) is 2.70. The Labute approximate surface area is 133 Å². The van der Waals surface area contributed by atoms with Crippen molar-refractivity contribution in [3.05, 3.63) is 58.6 Å². The number of anilines is 2. The van der Waals surface area contributed by atoms with Crippen LogP contribution < -0.4 is 10.2 Å². The van der Waals surface area contributed by atoms with E-state index in [0.29, 0.717) is 22.8 Å². The molecule has 0 radical (unpaired) electrons. The van der Waals surface area contributed by atoms with Crippen LogP contribution in [0.4, 0.5) is 11.4 Å². The Kier molecular flexibility index (Phi) is 3.86. The Hall–Kier alpha value is -2.33. The first kappa shape index (κ1) is 14.6. The molecule has 2 aromatic rings. The summed E-state index contributed by atoms with van der Waals surface area (Å²) >= 11 is 5.92. The van der Waals surface area contributed by atoms with Crippen molar-refractivity contribution in [1.82, 2.24) is 0 Å². The van der Waals surface area contributed by atoms with E-state index >= 15 is 0 Å². The van der Waals surface area contributed by atoms with Crippen LogP contribution in [0, 0.1) is 0 Å². The first-order valence-corrected chi connectivity index (χ1v) is 7.41. The van der Waals surface area contributed by atoms with E-state index < -0.39 is 0 Å². The molecule has 2 aromatic carbocycles. The second-order valence-corrected chi connectivity index (χ2v) is 5.63. The zero-order valence-corrected chi connectivity index (χ0v) is 12.9. The van der Waals surface area contributed by atoms with Crippen LogP contribution in [0.3, 0.4) is 0 Å². The molecule has 0 spiro atoms. The molecule has 1 aliphatic rings. The minimum atomic E-state index is -0.244. The smallest absolute Gasteiger partial charge is 0.255 e. The number of benzene rings is 2. The van der Waals surface area contributed by atoms with Gasteiger partial charge in [-0.05, 0) is 36.2 Å². The van der Waals surface area contributed by atoms with Crippen LogP contribution in [0.15, 0.2) is 42.5 Å². The van der Waals surface area contributed by atoms with E-state index in [1.54, 1.807) is 29.2 Å². The summed E-state index contributed by atoms with van der Waals surface area (Å²) in [5, 5.41) is 3.39. The maximum absolute atomic E-state index is 12.4. The fourth-order valence-corrected chi connectivity index (χ4v) is 2.89. The second-order valence-electron chi connectivity index (χ2n) is 5.20. The van der Waals surface area contributed by atoms with Gasteiger partial charge < -0.3 is 10.2 Å². The van der Waals surface area contributed by atoms with Crippen molar-refractivity contribution in [2.24, 2.45) is 0 Å². The van der Waals surface area contributed by atoms with Gasteiger partial charge in [0.1, 0.15) is 0 Å². The predicted octanol–water partition coefficient (Wildman–Crippen LogP) is 3.50. The number of nitrogens with zero attached hydrogens (tertiary/aromatic N) is 1. The molecule has 1 N–H and O–H groups in total. The summed E-state index contributed by atoms with van der Waals surface area (Å²) in [4.78, 5) is 25.8. The van der Waals surface area contributed by atoms with E-state index in [9.17, 15) is 9.59 Å². The number of hydrogen-bond donors (Lipinski definition) is 1. The van der Waals surface area contributed by atoms with Crippen molar-refractivity contribution in [2.45, 2.75) is 13.3 Å². The summed E-state index contributed by atoms with van der Waals surface area (Å²) in [6.07, 6.45) is 0.801. The number of fused-ring (bicyclic) bond motifs is 1. The fraction of sp³-hybridized carbons (Fsp3) is 0.176. The lowest BCUT2D eigenvalue weighted by atomic mass is 10.1. The lowest BCUT2D eigenvalue weighted by molar-refractivity contribution is -0.116. The average Bonchev–Trinajstić information content (AvgIpc) is 2.92. The van der Waals surface area contributed by atoms with Gasteiger partial charge in [-0.15, -0.1) is 0 Å². The van der Waals surface area contributed by atoms with Gasteiger partial charge in [0.25, 0.3) is 5.91 Å². The SMILES string of the molecule is CC(=O)N1CCc2cccc(NC(=O)c3cccc(Cl)c3)c21. The quantitative estimate of drug-likeness (QED) is 0.922. The number of carbonyl (C=O) groups is 2. The standard InChI is InChI=1S/C17H15ClN2O2/c1-11(21)20-9-8-12-4-3-7-15(16(12)20)19-17(22)13-5-2-6-14(18)10-13/h2-7,10H,8-9H2,1H3,(H,19,22). The summed E-state index contributed by atoms with van der Waals surface area (Å²) in [6, 6.07) is 12.4. The molecular weight excluding hydrogens is 300 g/mol. The average molecular weight is 315 g/mol. The number of amides is 2. The van der Waals surface area contributed by atoms with Gasteiger partial charge in [-0.1, -0.05) is 29.8 Å². The summed E-state index contributed by atoms with van der Waals surface area (Å²) in [7, 11) is 0. The van der Waals surface area contributed by atoms with Gasteiger partial charge in [0.2, 0.25) is 5.91 Å². The minimum absolute atomic E-state index is 0.0248. The van der Waals surface area contributed by atoms with Gasteiger partial charge in [0.05, 0.1) is 11.4 Å². The molecular formula is C17H15ClN2O2. The first-order valence-electron chi connectivity index (χ1n) is 7.03. The molecule has 0 saturated heterocycles. The molecule has 0 bridgehead atoms. The Morgan fingerprint density at radius 2 is 1.95 bits per heavy atom. The van der Waals surface area contributed by atoms with Crippen LogP contribution in [0.5, 0.6) is 0 Å². The van der Waals surface area contributed by atoms with Crippen molar-refractivity contribution >= 4 is 34.8 Å². The number of rotatable bonds is 2. The lowest BCUT2D eigenvalue weighted by Crippen LogP contribution is -2.27. The van der Waals surface area contributed by atoms with Crippen LogP contribution in [0.2, 0.25) is 5.02 Å². The number of nitrogens with one attached hydrogen (secondary N) is 1. The van der Waals surface area contributed by atoms with Crippen LogP contribution in [-0.2, 0) is 11.2 Å². The highest BCUT2D eigenvalue weighted by Gasteiger charge is 2.25. The molecule has 0 saturated carbocycles. The van der Waals surface area contributed by atoms with Gasteiger partial charge in [-0.25, -0.2) is 0 Å². The van der Waals surface area contributed by atoms with Gasteiger partial charge in [-0.3, -0.25) is 9.59 Å². The first-order chi connectivity index (χ1) is 10.6. The molecule has 4 nitrogen and oxygen atoms in total. The van der Waals surface area contributed by atoms with E-state index in [1.165, 1.54) is 6.92 Å². The molecule has 1 heterocycles. The molecule has 0 fully saturated rings.